The summed E-state index contributed by atoms with van der Waals surface area (Å²) in [5.74, 6) is -1.29. The number of esters is 1. The van der Waals surface area contributed by atoms with Gasteiger partial charge in [0.2, 0.25) is 0 Å². The lowest BCUT2D eigenvalue weighted by atomic mass is 10.00. The second-order valence-electron chi connectivity index (χ2n) is 16.5. The maximum absolute atomic E-state index is 13.5. The van der Waals surface area contributed by atoms with E-state index in [1.807, 2.05) is 76.8 Å². The summed E-state index contributed by atoms with van der Waals surface area (Å²) in [7, 11) is 0. The predicted octanol–water partition coefficient (Wildman–Crippen LogP) is 4.89. The Bertz CT molecular complexity index is 1430. The summed E-state index contributed by atoms with van der Waals surface area (Å²) in [6, 6.07) is 12.9. The van der Waals surface area contributed by atoms with Crippen LogP contribution in [0.1, 0.15) is 83.8 Å². The van der Waals surface area contributed by atoms with E-state index in [2.05, 4.69) is 31.0 Å². The van der Waals surface area contributed by atoms with Crippen LogP contribution in [0.15, 0.2) is 42.5 Å². The number of ether oxygens (including phenoxy) is 3. The molecule has 1 aliphatic rings. The van der Waals surface area contributed by atoms with Gasteiger partial charge in [0.1, 0.15) is 29.3 Å². The third kappa shape index (κ3) is 13.7. The summed E-state index contributed by atoms with van der Waals surface area (Å²) >= 11 is 0. The number of benzene rings is 2. The first kappa shape index (κ1) is 41.7. The van der Waals surface area contributed by atoms with E-state index in [0.717, 1.165) is 11.1 Å². The number of carboxylic acids is 2. The minimum absolute atomic E-state index is 0.0271. The van der Waals surface area contributed by atoms with Crippen LogP contribution in [0.25, 0.3) is 0 Å². The Labute approximate surface area is 304 Å². The minimum atomic E-state index is -0.894. The van der Waals surface area contributed by atoms with E-state index in [1.165, 1.54) is 0 Å². The second kappa shape index (κ2) is 17.7. The fourth-order valence-corrected chi connectivity index (χ4v) is 6.20. The molecule has 0 aliphatic carbocycles. The van der Waals surface area contributed by atoms with Gasteiger partial charge < -0.3 is 34.2 Å². The van der Waals surface area contributed by atoms with Crippen molar-refractivity contribution in [3.05, 3.63) is 59.2 Å². The fraction of sp³-hybridized carbons (Fsp3) is 0.615. The molecule has 12 nitrogen and oxygen atoms in total. The fourth-order valence-electron chi connectivity index (χ4n) is 6.20. The maximum Gasteiger partial charge on any atom is 0.359 e. The third-order valence-electron chi connectivity index (χ3n) is 8.95. The molecule has 0 amide bonds. The average Bonchev–Trinajstić information content (AvgIpc) is 2.98. The van der Waals surface area contributed by atoms with Crippen LogP contribution in [-0.2, 0) is 27.5 Å². The molecule has 1 unspecified atom stereocenters. The summed E-state index contributed by atoms with van der Waals surface area (Å²) in [5.41, 5.74) is 0.307. The van der Waals surface area contributed by atoms with Gasteiger partial charge in [0.25, 0.3) is 0 Å². The number of nitrogens with zero attached hydrogens (tertiary/aromatic N) is 3. The monoisotopic (exact) mass is 713 g/mol. The zero-order valence-electron chi connectivity index (χ0n) is 32.2. The Balaban J connectivity index is 2.11. The molecule has 1 atom stereocenters. The van der Waals surface area contributed by atoms with Crippen LogP contribution in [0.4, 0.5) is 0 Å². The molecule has 3 N–H and O–H groups in total. The molecule has 51 heavy (non-hydrogen) atoms. The van der Waals surface area contributed by atoms with Gasteiger partial charge in [0.05, 0.1) is 36.3 Å². The Morgan fingerprint density at radius 1 is 0.765 bits per heavy atom. The number of hydrogen-bond acceptors (Lipinski definition) is 9. The van der Waals surface area contributed by atoms with Gasteiger partial charge in [-0.05, 0) is 80.0 Å². The van der Waals surface area contributed by atoms with Gasteiger partial charge in [0, 0.05) is 45.8 Å². The van der Waals surface area contributed by atoms with E-state index >= 15 is 0 Å². The quantitative estimate of drug-likeness (QED) is 0.217. The SMILES string of the molecule is CC(C)(C)Oc1cc(C(=O)OCc2ccccc2)cc(OC(C)(C)C)c1CN1CCN(CC(=O)O)CCNCC[N+](CC(=O)O)(C(C)(C)C)CC1. The number of nitrogens with one attached hydrogen (secondary N) is 1. The number of quaternary nitrogens is 1. The molecule has 0 radical (unpaired) electrons. The van der Waals surface area contributed by atoms with Crippen molar-refractivity contribution in [2.24, 2.45) is 0 Å². The Morgan fingerprint density at radius 2 is 1.35 bits per heavy atom. The second-order valence-corrected chi connectivity index (χ2v) is 16.5. The molecule has 1 aliphatic heterocycles. The topological polar surface area (TPSA) is 138 Å². The Hall–Kier alpha value is -3.71. The van der Waals surface area contributed by atoms with Crippen LogP contribution in [0.3, 0.4) is 0 Å². The molecule has 0 spiro atoms. The van der Waals surface area contributed by atoms with Crippen molar-refractivity contribution in [3.63, 3.8) is 0 Å². The molecule has 1 heterocycles. The highest BCUT2D eigenvalue weighted by Gasteiger charge is 2.42. The van der Waals surface area contributed by atoms with E-state index in [1.54, 1.807) is 12.1 Å². The predicted molar refractivity (Wildman–Crippen MR) is 197 cm³/mol. The number of carbonyl (C=O) groups is 3. The van der Waals surface area contributed by atoms with Crippen LogP contribution in [0.2, 0.25) is 0 Å². The maximum atomic E-state index is 13.5. The lowest BCUT2D eigenvalue weighted by Crippen LogP contribution is -2.66. The molecule has 0 saturated carbocycles. The normalized spacial score (nSPS) is 19.0. The summed E-state index contributed by atoms with van der Waals surface area (Å²) in [4.78, 5) is 41.7. The minimum Gasteiger partial charge on any atom is -0.488 e. The van der Waals surface area contributed by atoms with E-state index < -0.39 is 29.1 Å². The van der Waals surface area contributed by atoms with Crippen molar-refractivity contribution >= 4 is 17.9 Å². The highest BCUT2D eigenvalue weighted by atomic mass is 16.5. The van der Waals surface area contributed by atoms with Crippen molar-refractivity contribution in [1.82, 2.24) is 15.1 Å². The van der Waals surface area contributed by atoms with Gasteiger partial charge in [-0.1, -0.05) is 30.3 Å². The number of hydrogen-bond donors (Lipinski definition) is 3. The molecule has 1 fully saturated rings. The first-order valence-electron chi connectivity index (χ1n) is 17.9. The molecule has 0 aromatic heterocycles. The summed E-state index contributed by atoms with van der Waals surface area (Å²) < 4.78 is 19.2. The van der Waals surface area contributed by atoms with Gasteiger partial charge in [-0.15, -0.1) is 0 Å². The average molecular weight is 714 g/mol. The van der Waals surface area contributed by atoms with Crippen LogP contribution in [0, 0.1) is 0 Å². The lowest BCUT2D eigenvalue weighted by molar-refractivity contribution is -0.963. The van der Waals surface area contributed by atoms with E-state index in [0.29, 0.717) is 80.4 Å². The lowest BCUT2D eigenvalue weighted by Gasteiger charge is -2.49. The molecule has 2 aromatic carbocycles. The Kier molecular flexibility index (Phi) is 14.5. The van der Waals surface area contributed by atoms with Gasteiger partial charge >= 0.3 is 17.9 Å². The van der Waals surface area contributed by atoms with Crippen molar-refractivity contribution in [1.29, 1.82) is 0 Å². The smallest absolute Gasteiger partial charge is 0.359 e. The van der Waals surface area contributed by atoms with Crippen molar-refractivity contribution < 1.29 is 43.3 Å². The molecule has 284 valence electrons. The first-order chi connectivity index (χ1) is 23.7. The van der Waals surface area contributed by atoms with Crippen molar-refractivity contribution in [2.75, 3.05) is 65.4 Å². The van der Waals surface area contributed by atoms with Gasteiger partial charge in [0.15, 0.2) is 6.54 Å². The van der Waals surface area contributed by atoms with Crippen molar-refractivity contribution in [2.45, 2.75) is 92.2 Å². The van der Waals surface area contributed by atoms with E-state index in [-0.39, 0.29) is 25.2 Å². The van der Waals surface area contributed by atoms with E-state index in [4.69, 9.17) is 14.2 Å². The van der Waals surface area contributed by atoms with Crippen LogP contribution in [0.5, 0.6) is 11.5 Å². The zero-order valence-corrected chi connectivity index (χ0v) is 32.2. The van der Waals surface area contributed by atoms with E-state index in [9.17, 15) is 24.6 Å². The van der Waals surface area contributed by atoms with Crippen LogP contribution >= 0.6 is 0 Å². The van der Waals surface area contributed by atoms with Gasteiger partial charge in [-0.25, -0.2) is 9.59 Å². The third-order valence-corrected chi connectivity index (χ3v) is 8.95. The number of carbonyl (C=O) groups excluding carboxylic acids is 1. The molecule has 2 aromatic rings. The summed E-state index contributed by atoms with van der Waals surface area (Å²) in [6.07, 6.45) is 0. The first-order valence-corrected chi connectivity index (χ1v) is 17.9. The summed E-state index contributed by atoms with van der Waals surface area (Å²) in [6.45, 7) is 22.6. The van der Waals surface area contributed by atoms with Gasteiger partial charge in [-0.3, -0.25) is 14.6 Å². The molecule has 12 heteroatoms. The number of aliphatic carboxylic acids is 2. The number of rotatable bonds is 11. The molecule has 1 saturated heterocycles. The highest BCUT2D eigenvalue weighted by molar-refractivity contribution is 5.91. The Morgan fingerprint density at radius 3 is 1.88 bits per heavy atom. The molecule has 0 bridgehead atoms. The van der Waals surface area contributed by atoms with Crippen molar-refractivity contribution in [3.8, 4) is 11.5 Å². The standard InChI is InChI=1S/C39H60N4O8/c1-37(2,3)43(27-35(46)47)21-16-40-15-17-41(26-34(44)45)18-19-42(20-22-43)25-31-32(50-38(4,5)6)23-30(24-33(31)51-39(7,8)9)36(48)49-28-29-13-11-10-12-14-29/h10-14,23-24,40H,15-22,25-28H2,1-9H3,(H-,44,45,46,47)/p+1. The van der Waals surface area contributed by atoms with Crippen LogP contribution < -0.4 is 14.8 Å². The molecular formula is C39H61N4O8+. The summed E-state index contributed by atoms with van der Waals surface area (Å²) in [5, 5.41) is 23.2. The highest BCUT2D eigenvalue weighted by Crippen LogP contribution is 2.37. The zero-order chi connectivity index (χ0) is 38.0. The van der Waals surface area contributed by atoms with Crippen LogP contribution in [-0.4, -0.2) is 125 Å². The molecular weight excluding hydrogens is 652 g/mol. The number of carboxylic acid groups (broad SMARTS) is 2. The molecule has 3 rings (SSSR count). The largest absolute Gasteiger partial charge is 0.488 e. The van der Waals surface area contributed by atoms with Gasteiger partial charge in [-0.2, -0.15) is 0 Å².